The van der Waals surface area contributed by atoms with Crippen LogP contribution in [0.25, 0.3) is 0 Å². The molecular formula is C17H22N2O4. The smallest absolute Gasteiger partial charge is 0.265 e. The molecule has 0 aromatic heterocycles. The standard InChI is InChI=1S/C17H22N2O4/c1-2-22-15-10-13(11-20)9-14-17(15)23-12-16(21)19(14)8-7-18-5-3-4-6-18/h9-11H,2-8,12H2,1H3. The molecule has 0 N–H and O–H groups in total. The maximum atomic E-state index is 12.3. The number of fused-ring (bicyclic) bond motifs is 1. The summed E-state index contributed by atoms with van der Waals surface area (Å²) < 4.78 is 11.2. The topological polar surface area (TPSA) is 59.1 Å². The highest BCUT2D eigenvalue weighted by molar-refractivity contribution is 5.99. The maximum Gasteiger partial charge on any atom is 0.265 e. The lowest BCUT2D eigenvalue weighted by Crippen LogP contribution is -2.43. The predicted molar refractivity (Wildman–Crippen MR) is 86.5 cm³/mol. The number of hydrogen-bond donors (Lipinski definition) is 0. The minimum absolute atomic E-state index is 0.00745. The van der Waals surface area contributed by atoms with Crippen LogP contribution >= 0.6 is 0 Å². The number of ether oxygens (including phenoxy) is 2. The Bertz CT molecular complexity index is 597. The van der Waals surface area contributed by atoms with Crippen molar-refractivity contribution in [1.29, 1.82) is 0 Å². The van der Waals surface area contributed by atoms with Crippen molar-refractivity contribution >= 4 is 17.9 Å². The number of aldehydes is 1. The average molecular weight is 318 g/mol. The first-order chi connectivity index (χ1) is 11.2. The highest BCUT2D eigenvalue weighted by Gasteiger charge is 2.29. The first-order valence-electron chi connectivity index (χ1n) is 8.14. The predicted octanol–water partition coefficient (Wildman–Crippen LogP) is 1.72. The summed E-state index contributed by atoms with van der Waals surface area (Å²) in [5, 5.41) is 0. The number of likely N-dealkylation sites (tertiary alicyclic amines) is 1. The molecule has 1 aromatic rings. The molecule has 2 heterocycles. The third kappa shape index (κ3) is 3.32. The van der Waals surface area contributed by atoms with Crippen LogP contribution in [0.4, 0.5) is 5.69 Å². The Morgan fingerprint density at radius 3 is 2.74 bits per heavy atom. The fraction of sp³-hybridized carbons (Fsp3) is 0.529. The number of hydrogen-bond acceptors (Lipinski definition) is 5. The van der Waals surface area contributed by atoms with Crippen LogP contribution in [0.15, 0.2) is 12.1 Å². The molecular weight excluding hydrogens is 296 g/mol. The molecule has 2 aliphatic heterocycles. The van der Waals surface area contributed by atoms with Crippen molar-refractivity contribution in [3.63, 3.8) is 0 Å². The van der Waals surface area contributed by atoms with E-state index in [1.807, 2.05) is 6.92 Å². The largest absolute Gasteiger partial charge is 0.490 e. The number of benzene rings is 1. The van der Waals surface area contributed by atoms with E-state index in [4.69, 9.17) is 9.47 Å². The minimum Gasteiger partial charge on any atom is -0.490 e. The van der Waals surface area contributed by atoms with Crippen molar-refractivity contribution in [2.75, 3.05) is 44.3 Å². The molecule has 0 atom stereocenters. The number of anilines is 1. The first kappa shape index (κ1) is 15.8. The van der Waals surface area contributed by atoms with Gasteiger partial charge in [0.2, 0.25) is 0 Å². The Kier molecular flexibility index (Phi) is 4.81. The van der Waals surface area contributed by atoms with Gasteiger partial charge in [0.05, 0.1) is 12.3 Å². The van der Waals surface area contributed by atoms with Gasteiger partial charge in [0.15, 0.2) is 18.1 Å². The van der Waals surface area contributed by atoms with Gasteiger partial charge in [-0.2, -0.15) is 0 Å². The lowest BCUT2D eigenvalue weighted by atomic mass is 10.1. The van der Waals surface area contributed by atoms with Gasteiger partial charge in [-0.05, 0) is 45.0 Å². The monoisotopic (exact) mass is 318 g/mol. The van der Waals surface area contributed by atoms with Crippen LogP contribution in [0.1, 0.15) is 30.1 Å². The molecule has 1 amide bonds. The molecule has 1 fully saturated rings. The zero-order valence-electron chi connectivity index (χ0n) is 13.4. The molecule has 2 aliphatic rings. The Labute approximate surface area is 136 Å². The number of amides is 1. The second-order valence-electron chi connectivity index (χ2n) is 5.80. The van der Waals surface area contributed by atoms with Crippen molar-refractivity contribution in [2.24, 2.45) is 0 Å². The number of nitrogens with zero attached hydrogens (tertiary/aromatic N) is 2. The van der Waals surface area contributed by atoms with Gasteiger partial charge in [-0.3, -0.25) is 9.59 Å². The summed E-state index contributed by atoms with van der Waals surface area (Å²) in [4.78, 5) is 27.6. The minimum atomic E-state index is -0.0813. The van der Waals surface area contributed by atoms with E-state index < -0.39 is 0 Å². The average Bonchev–Trinajstić information content (AvgIpc) is 3.07. The van der Waals surface area contributed by atoms with Gasteiger partial charge < -0.3 is 19.3 Å². The second kappa shape index (κ2) is 7.00. The third-order valence-corrected chi connectivity index (χ3v) is 4.26. The zero-order chi connectivity index (χ0) is 16.2. The van der Waals surface area contributed by atoms with E-state index in [1.54, 1.807) is 17.0 Å². The van der Waals surface area contributed by atoms with Gasteiger partial charge >= 0.3 is 0 Å². The van der Waals surface area contributed by atoms with Crippen LogP contribution in [0.2, 0.25) is 0 Å². The SMILES string of the molecule is CCOc1cc(C=O)cc2c1OCC(=O)N2CCN1CCCC1. The van der Waals surface area contributed by atoms with Crippen molar-refractivity contribution in [2.45, 2.75) is 19.8 Å². The Morgan fingerprint density at radius 2 is 2.04 bits per heavy atom. The van der Waals surface area contributed by atoms with Gasteiger partial charge in [0.25, 0.3) is 5.91 Å². The second-order valence-corrected chi connectivity index (χ2v) is 5.80. The molecule has 6 heteroatoms. The summed E-state index contributed by atoms with van der Waals surface area (Å²) >= 11 is 0. The number of rotatable bonds is 6. The van der Waals surface area contributed by atoms with E-state index in [1.165, 1.54) is 12.8 Å². The van der Waals surface area contributed by atoms with Crippen LogP contribution in [-0.2, 0) is 4.79 Å². The van der Waals surface area contributed by atoms with Crippen molar-refractivity contribution in [3.05, 3.63) is 17.7 Å². The summed E-state index contributed by atoms with van der Waals surface area (Å²) in [6.45, 7) is 5.96. The fourth-order valence-corrected chi connectivity index (χ4v) is 3.12. The van der Waals surface area contributed by atoms with E-state index in [0.29, 0.717) is 35.9 Å². The van der Waals surface area contributed by atoms with E-state index in [-0.39, 0.29) is 12.5 Å². The maximum absolute atomic E-state index is 12.3. The summed E-state index contributed by atoms with van der Waals surface area (Å²) in [5.41, 5.74) is 1.12. The van der Waals surface area contributed by atoms with Gasteiger partial charge in [-0.25, -0.2) is 0 Å². The van der Waals surface area contributed by atoms with E-state index in [9.17, 15) is 9.59 Å². The van der Waals surface area contributed by atoms with Gasteiger partial charge in [-0.15, -0.1) is 0 Å². The highest BCUT2D eigenvalue weighted by atomic mass is 16.5. The molecule has 0 saturated carbocycles. The lowest BCUT2D eigenvalue weighted by Gasteiger charge is -2.31. The molecule has 1 saturated heterocycles. The van der Waals surface area contributed by atoms with E-state index in [0.717, 1.165) is 25.9 Å². The highest BCUT2D eigenvalue weighted by Crippen LogP contribution is 2.41. The van der Waals surface area contributed by atoms with E-state index in [2.05, 4.69) is 4.90 Å². The molecule has 6 nitrogen and oxygen atoms in total. The van der Waals surface area contributed by atoms with Crippen LogP contribution in [0, 0.1) is 0 Å². The molecule has 1 aromatic carbocycles. The van der Waals surface area contributed by atoms with Crippen molar-refractivity contribution in [1.82, 2.24) is 4.90 Å². The molecule has 0 spiro atoms. The normalized spacial score (nSPS) is 17.8. The lowest BCUT2D eigenvalue weighted by molar-refractivity contribution is -0.121. The Hall–Kier alpha value is -2.08. The molecule has 0 aliphatic carbocycles. The summed E-state index contributed by atoms with van der Waals surface area (Å²) in [5.74, 6) is 0.992. The zero-order valence-corrected chi connectivity index (χ0v) is 13.4. The van der Waals surface area contributed by atoms with Crippen LogP contribution in [0.5, 0.6) is 11.5 Å². The molecule has 124 valence electrons. The molecule has 0 radical (unpaired) electrons. The third-order valence-electron chi connectivity index (χ3n) is 4.26. The van der Waals surface area contributed by atoms with Crippen molar-refractivity contribution < 1.29 is 19.1 Å². The molecule has 0 unspecified atom stereocenters. The molecule has 23 heavy (non-hydrogen) atoms. The van der Waals surface area contributed by atoms with Crippen LogP contribution in [-0.4, -0.2) is 56.5 Å². The molecule has 0 bridgehead atoms. The number of carbonyl (C=O) groups is 2. The van der Waals surface area contributed by atoms with Crippen LogP contribution < -0.4 is 14.4 Å². The van der Waals surface area contributed by atoms with E-state index >= 15 is 0 Å². The summed E-state index contributed by atoms with van der Waals surface area (Å²) in [7, 11) is 0. The Balaban J connectivity index is 1.87. The number of carbonyl (C=O) groups excluding carboxylic acids is 2. The van der Waals surface area contributed by atoms with Gasteiger partial charge in [-0.1, -0.05) is 0 Å². The fourth-order valence-electron chi connectivity index (χ4n) is 3.12. The van der Waals surface area contributed by atoms with Crippen LogP contribution in [0.3, 0.4) is 0 Å². The first-order valence-corrected chi connectivity index (χ1v) is 8.14. The summed E-state index contributed by atoms with van der Waals surface area (Å²) in [6, 6.07) is 3.36. The van der Waals surface area contributed by atoms with Gasteiger partial charge in [0, 0.05) is 18.7 Å². The Morgan fingerprint density at radius 1 is 1.26 bits per heavy atom. The molecule has 3 rings (SSSR count). The van der Waals surface area contributed by atoms with Crippen molar-refractivity contribution in [3.8, 4) is 11.5 Å². The van der Waals surface area contributed by atoms with Gasteiger partial charge in [0.1, 0.15) is 6.29 Å². The quantitative estimate of drug-likeness (QED) is 0.748. The summed E-state index contributed by atoms with van der Waals surface area (Å²) in [6.07, 6.45) is 3.20.